The van der Waals surface area contributed by atoms with E-state index < -0.39 is 28.5 Å². The van der Waals surface area contributed by atoms with Gasteiger partial charge in [0.25, 0.3) is 10.0 Å². The van der Waals surface area contributed by atoms with Gasteiger partial charge in [0.15, 0.2) is 0 Å². The fourth-order valence-electron chi connectivity index (χ4n) is 3.96. The van der Waals surface area contributed by atoms with Crippen molar-refractivity contribution in [2.75, 3.05) is 23.9 Å². The van der Waals surface area contributed by atoms with E-state index >= 15 is 0 Å². The fourth-order valence-corrected chi connectivity index (χ4v) is 5.66. The van der Waals surface area contributed by atoms with E-state index in [1.54, 1.807) is 49.4 Å². The van der Waals surface area contributed by atoms with Crippen molar-refractivity contribution in [2.45, 2.75) is 44.0 Å². The van der Waals surface area contributed by atoms with Gasteiger partial charge in [-0.3, -0.25) is 13.9 Å². The summed E-state index contributed by atoms with van der Waals surface area (Å²) in [5.74, 6) is -0.720. The SMILES string of the molecule is CCCCNC(=O)C(C)N(CCc1ccccc1)C(=O)CN(c1ccc(Br)cc1)S(=O)(=O)c1ccccc1. The molecule has 0 bridgehead atoms. The van der Waals surface area contributed by atoms with Crippen LogP contribution in [-0.4, -0.2) is 50.8 Å². The van der Waals surface area contributed by atoms with Crippen molar-refractivity contribution in [2.24, 2.45) is 0 Å². The van der Waals surface area contributed by atoms with Gasteiger partial charge in [0, 0.05) is 17.6 Å². The number of halogens is 1. The number of unbranched alkanes of at least 4 members (excludes halogenated alkanes) is 1. The molecule has 3 rings (SSSR count). The van der Waals surface area contributed by atoms with Gasteiger partial charge < -0.3 is 10.2 Å². The van der Waals surface area contributed by atoms with E-state index in [-0.39, 0.29) is 17.3 Å². The molecule has 1 N–H and O–H groups in total. The van der Waals surface area contributed by atoms with Crippen LogP contribution in [0.4, 0.5) is 5.69 Å². The maximum absolute atomic E-state index is 13.8. The van der Waals surface area contributed by atoms with Crippen molar-refractivity contribution in [3.63, 3.8) is 0 Å². The molecule has 38 heavy (non-hydrogen) atoms. The van der Waals surface area contributed by atoms with Crippen molar-refractivity contribution in [3.8, 4) is 0 Å². The molecule has 0 spiro atoms. The first-order valence-corrected chi connectivity index (χ1v) is 14.9. The van der Waals surface area contributed by atoms with Gasteiger partial charge in [0.05, 0.1) is 10.6 Å². The van der Waals surface area contributed by atoms with Crippen molar-refractivity contribution in [1.82, 2.24) is 10.2 Å². The molecule has 0 radical (unpaired) electrons. The van der Waals surface area contributed by atoms with E-state index in [4.69, 9.17) is 0 Å². The molecule has 0 heterocycles. The van der Waals surface area contributed by atoms with Crippen LogP contribution in [0.5, 0.6) is 0 Å². The average molecular weight is 601 g/mol. The number of carbonyl (C=O) groups is 2. The second-order valence-electron chi connectivity index (χ2n) is 8.94. The summed E-state index contributed by atoms with van der Waals surface area (Å²) in [6.45, 7) is 4.06. The van der Waals surface area contributed by atoms with Gasteiger partial charge in [-0.25, -0.2) is 8.42 Å². The average Bonchev–Trinajstić information content (AvgIpc) is 2.93. The zero-order valence-electron chi connectivity index (χ0n) is 21.7. The van der Waals surface area contributed by atoms with Crippen molar-refractivity contribution in [3.05, 3.63) is 95.0 Å². The van der Waals surface area contributed by atoms with Crippen LogP contribution < -0.4 is 9.62 Å². The first-order chi connectivity index (χ1) is 18.2. The molecule has 0 saturated heterocycles. The van der Waals surface area contributed by atoms with Gasteiger partial charge in [0.1, 0.15) is 12.6 Å². The van der Waals surface area contributed by atoms with E-state index in [1.807, 2.05) is 37.3 Å². The lowest BCUT2D eigenvalue weighted by Gasteiger charge is -2.32. The van der Waals surface area contributed by atoms with Crippen molar-refractivity contribution in [1.29, 1.82) is 0 Å². The van der Waals surface area contributed by atoms with E-state index in [9.17, 15) is 18.0 Å². The highest BCUT2D eigenvalue weighted by molar-refractivity contribution is 9.10. The summed E-state index contributed by atoms with van der Waals surface area (Å²) in [5, 5.41) is 2.89. The number of rotatable bonds is 13. The Balaban J connectivity index is 1.92. The number of hydrogen-bond acceptors (Lipinski definition) is 4. The largest absolute Gasteiger partial charge is 0.354 e. The molecule has 0 aliphatic heterocycles. The summed E-state index contributed by atoms with van der Waals surface area (Å²) in [4.78, 5) is 28.3. The number of benzene rings is 3. The van der Waals surface area contributed by atoms with E-state index in [2.05, 4.69) is 21.2 Å². The zero-order chi connectivity index (χ0) is 27.5. The lowest BCUT2D eigenvalue weighted by atomic mass is 10.1. The third-order valence-electron chi connectivity index (χ3n) is 6.21. The van der Waals surface area contributed by atoms with E-state index in [0.717, 1.165) is 27.2 Å². The van der Waals surface area contributed by atoms with Gasteiger partial charge in [0.2, 0.25) is 11.8 Å². The molecule has 9 heteroatoms. The molecule has 3 aromatic carbocycles. The smallest absolute Gasteiger partial charge is 0.264 e. The van der Waals surface area contributed by atoms with Crippen molar-refractivity contribution < 1.29 is 18.0 Å². The van der Waals surface area contributed by atoms with Crippen LogP contribution in [0.25, 0.3) is 0 Å². The minimum Gasteiger partial charge on any atom is -0.354 e. The van der Waals surface area contributed by atoms with Crippen LogP contribution in [-0.2, 0) is 26.0 Å². The Morgan fingerprint density at radius 2 is 1.53 bits per heavy atom. The first kappa shape index (κ1) is 29.4. The molecule has 1 unspecified atom stereocenters. The molecule has 2 amide bonds. The number of sulfonamides is 1. The number of nitrogens with zero attached hydrogens (tertiary/aromatic N) is 2. The maximum atomic E-state index is 13.8. The second-order valence-corrected chi connectivity index (χ2v) is 11.7. The Hall–Kier alpha value is -3.17. The molecule has 1 atom stereocenters. The molecular formula is C29H34BrN3O4S. The highest BCUT2D eigenvalue weighted by atomic mass is 79.9. The van der Waals surface area contributed by atoms with Crippen LogP contribution in [0.3, 0.4) is 0 Å². The number of anilines is 1. The summed E-state index contributed by atoms with van der Waals surface area (Å²) < 4.78 is 29.3. The Labute approximate surface area is 234 Å². The zero-order valence-corrected chi connectivity index (χ0v) is 24.1. The lowest BCUT2D eigenvalue weighted by molar-refractivity contribution is -0.138. The molecule has 3 aromatic rings. The molecule has 0 saturated carbocycles. The third-order valence-corrected chi connectivity index (χ3v) is 8.52. The Morgan fingerprint density at radius 3 is 2.13 bits per heavy atom. The molecule has 0 fully saturated rings. The maximum Gasteiger partial charge on any atom is 0.264 e. The topological polar surface area (TPSA) is 86.8 Å². The Bertz CT molecular complexity index is 1290. The minimum atomic E-state index is -4.06. The number of nitrogens with one attached hydrogen (secondary N) is 1. The molecular weight excluding hydrogens is 566 g/mol. The fraction of sp³-hybridized carbons (Fsp3) is 0.310. The molecule has 7 nitrogen and oxygen atoms in total. The van der Waals surface area contributed by atoms with Gasteiger partial charge in [-0.05, 0) is 61.7 Å². The molecule has 0 aliphatic carbocycles. The number of amides is 2. The summed E-state index contributed by atoms with van der Waals surface area (Å²) >= 11 is 3.38. The van der Waals surface area contributed by atoms with E-state index in [1.165, 1.54) is 17.0 Å². The van der Waals surface area contributed by atoms with Crippen LogP contribution in [0.15, 0.2) is 94.3 Å². The normalized spacial score (nSPS) is 12.0. The molecule has 0 aliphatic rings. The minimum absolute atomic E-state index is 0.0805. The van der Waals surface area contributed by atoms with Crippen LogP contribution in [0, 0.1) is 0 Å². The van der Waals surface area contributed by atoms with Gasteiger partial charge in [-0.15, -0.1) is 0 Å². The monoisotopic (exact) mass is 599 g/mol. The van der Waals surface area contributed by atoms with Gasteiger partial charge in [-0.2, -0.15) is 0 Å². The quantitative estimate of drug-likeness (QED) is 0.279. The van der Waals surface area contributed by atoms with Crippen molar-refractivity contribution >= 4 is 43.5 Å². The van der Waals surface area contributed by atoms with E-state index in [0.29, 0.717) is 18.7 Å². The predicted molar refractivity (Wildman–Crippen MR) is 154 cm³/mol. The summed E-state index contributed by atoms with van der Waals surface area (Å²) in [5.41, 5.74) is 1.37. The molecule has 202 valence electrons. The second kappa shape index (κ2) is 14.1. The highest BCUT2D eigenvalue weighted by Crippen LogP contribution is 2.25. The predicted octanol–water partition coefficient (Wildman–Crippen LogP) is 5.02. The van der Waals surface area contributed by atoms with Gasteiger partial charge in [-0.1, -0.05) is 77.8 Å². The van der Waals surface area contributed by atoms with Crippen LogP contribution in [0.2, 0.25) is 0 Å². The molecule has 0 aromatic heterocycles. The summed E-state index contributed by atoms with van der Waals surface area (Å²) in [7, 11) is -4.06. The van der Waals surface area contributed by atoms with Crippen LogP contribution in [0.1, 0.15) is 32.3 Å². The highest BCUT2D eigenvalue weighted by Gasteiger charge is 2.32. The number of hydrogen-bond donors (Lipinski definition) is 1. The summed E-state index contributed by atoms with van der Waals surface area (Å²) in [6.07, 6.45) is 2.30. The number of carbonyl (C=O) groups excluding carboxylic acids is 2. The Kier molecular flexibility index (Phi) is 10.9. The van der Waals surface area contributed by atoms with Gasteiger partial charge >= 0.3 is 0 Å². The lowest BCUT2D eigenvalue weighted by Crippen LogP contribution is -2.52. The first-order valence-electron chi connectivity index (χ1n) is 12.7. The standard InChI is InChI=1S/C29H34BrN3O4S/c1-3-4-20-31-29(35)23(2)32(21-19-24-11-7-5-8-12-24)28(34)22-33(26-17-15-25(30)16-18-26)38(36,37)27-13-9-6-10-14-27/h5-18,23H,3-4,19-22H2,1-2H3,(H,31,35). The summed E-state index contributed by atoms with van der Waals surface area (Å²) in [6, 6.07) is 23.7. The third kappa shape index (κ3) is 7.91. The Morgan fingerprint density at radius 1 is 0.921 bits per heavy atom. The van der Waals surface area contributed by atoms with Crippen LogP contribution >= 0.6 is 15.9 Å².